The highest BCUT2D eigenvalue weighted by molar-refractivity contribution is 7.90. The van der Waals surface area contributed by atoms with Gasteiger partial charge in [-0.3, -0.25) is 0 Å². The fourth-order valence-electron chi connectivity index (χ4n) is 1.65. The molecule has 1 heterocycles. The van der Waals surface area contributed by atoms with Crippen LogP contribution in [0, 0.1) is 0 Å². The van der Waals surface area contributed by atoms with Crippen LogP contribution in [0.5, 0.6) is 0 Å². The summed E-state index contributed by atoms with van der Waals surface area (Å²) in [6.45, 7) is 0. The molecular weight excluding hydrogens is 302 g/mol. The number of carbonyl (C=O) groups is 1. The summed E-state index contributed by atoms with van der Waals surface area (Å²) in [6.07, 6.45) is 2.55. The minimum absolute atomic E-state index is 0.0889. The van der Waals surface area contributed by atoms with Gasteiger partial charge in [-0.2, -0.15) is 0 Å². The van der Waals surface area contributed by atoms with E-state index in [0.717, 1.165) is 6.26 Å². The molecule has 1 aromatic carbocycles. The summed E-state index contributed by atoms with van der Waals surface area (Å²) in [4.78, 5) is 15.0. The summed E-state index contributed by atoms with van der Waals surface area (Å²) in [7, 11) is -3.26. The molecule has 0 radical (unpaired) electrons. The van der Waals surface area contributed by atoms with Crippen molar-refractivity contribution in [3.63, 3.8) is 0 Å². The Morgan fingerprint density at radius 3 is 2.30 bits per heavy atom. The average Bonchev–Trinajstić information content (AvgIpc) is 2.38. The van der Waals surface area contributed by atoms with E-state index in [-0.39, 0.29) is 15.6 Å². The minimum atomic E-state index is -3.26. The van der Waals surface area contributed by atoms with E-state index < -0.39 is 15.8 Å². The standard InChI is InChI=1S/C13H10ClNO4S/c1-20(18,19)10-4-2-8(3-5-10)9-6-11(13(16)17)12(14)15-7-9/h2-7H,1H3,(H,16,17). The van der Waals surface area contributed by atoms with Gasteiger partial charge in [-0.1, -0.05) is 23.7 Å². The summed E-state index contributed by atoms with van der Waals surface area (Å²) in [5, 5.41) is 8.90. The number of hydrogen-bond donors (Lipinski definition) is 1. The lowest BCUT2D eigenvalue weighted by molar-refractivity contribution is 0.0696. The molecule has 7 heteroatoms. The predicted molar refractivity (Wildman–Crippen MR) is 74.8 cm³/mol. The third-order valence-corrected chi connectivity index (χ3v) is 4.11. The molecule has 1 aromatic heterocycles. The molecule has 0 spiro atoms. The van der Waals surface area contributed by atoms with E-state index in [0.29, 0.717) is 11.1 Å². The molecule has 0 aliphatic heterocycles. The SMILES string of the molecule is CS(=O)(=O)c1ccc(-c2cnc(Cl)c(C(=O)O)c2)cc1. The summed E-state index contributed by atoms with van der Waals surface area (Å²) < 4.78 is 22.7. The van der Waals surface area contributed by atoms with E-state index >= 15 is 0 Å². The summed E-state index contributed by atoms with van der Waals surface area (Å²) in [5.74, 6) is -1.17. The molecule has 0 fully saturated rings. The Kier molecular flexibility index (Phi) is 3.78. The molecule has 2 aromatic rings. The number of hydrogen-bond acceptors (Lipinski definition) is 4. The summed E-state index contributed by atoms with van der Waals surface area (Å²) in [5.41, 5.74) is 1.10. The van der Waals surface area contributed by atoms with Crippen LogP contribution in [-0.2, 0) is 9.84 Å². The van der Waals surface area contributed by atoms with Crippen LogP contribution in [0.1, 0.15) is 10.4 Å². The van der Waals surface area contributed by atoms with Crippen LogP contribution in [0.3, 0.4) is 0 Å². The van der Waals surface area contributed by atoms with Crippen LogP contribution >= 0.6 is 11.6 Å². The smallest absolute Gasteiger partial charge is 0.338 e. The van der Waals surface area contributed by atoms with Crippen LogP contribution < -0.4 is 0 Å². The lowest BCUT2D eigenvalue weighted by Crippen LogP contribution is -2.00. The Morgan fingerprint density at radius 2 is 1.80 bits per heavy atom. The molecule has 0 saturated heterocycles. The molecule has 2 rings (SSSR count). The average molecular weight is 312 g/mol. The van der Waals surface area contributed by atoms with Crippen molar-refractivity contribution in [1.82, 2.24) is 4.98 Å². The zero-order valence-electron chi connectivity index (χ0n) is 10.4. The first-order chi connectivity index (χ1) is 9.29. The normalized spacial score (nSPS) is 11.3. The number of pyridine rings is 1. The number of nitrogens with zero attached hydrogens (tertiary/aromatic N) is 1. The quantitative estimate of drug-likeness (QED) is 0.880. The number of sulfone groups is 1. The second kappa shape index (κ2) is 5.22. The lowest BCUT2D eigenvalue weighted by Gasteiger charge is -2.05. The molecule has 0 aliphatic rings. The highest BCUT2D eigenvalue weighted by Crippen LogP contribution is 2.24. The van der Waals surface area contributed by atoms with E-state index in [9.17, 15) is 13.2 Å². The van der Waals surface area contributed by atoms with E-state index in [1.165, 1.54) is 24.4 Å². The van der Waals surface area contributed by atoms with Crippen molar-refractivity contribution in [2.75, 3.05) is 6.26 Å². The first kappa shape index (κ1) is 14.5. The highest BCUT2D eigenvalue weighted by Gasteiger charge is 2.12. The third-order valence-electron chi connectivity index (χ3n) is 2.69. The van der Waals surface area contributed by atoms with Crippen LogP contribution in [0.4, 0.5) is 0 Å². The van der Waals surface area contributed by atoms with Crippen molar-refractivity contribution < 1.29 is 18.3 Å². The maximum atomic E-state index is 11.4. The monoisotopic (exact) mass is 311 g/mol. The molecule has 0 saturated carbocycles. The number of aromatic nitrogens is 1. The Labute approximate surface area is 120 Å². The van der Waals surface area contributed by atoms with Crippen molar-refractivity contribution in [2.45, 2.75) is 4.90 Å². The van der Waals surface area contributed by atoms with Gasteiger partial charge in [0.2, 0.25) is 0 Å². The predicted octanol–water partition coefficient (Wildman–Crippen LogP) is 2.50. The first-order valence-corrected chi connectivity index (χ1v) is 7.75. The number of benzene rings is 1. The molecule has 0 bridgehead atoms. The van der Waals surface area contributed by atoms with Gasteiger partial charge < -0.3 is 5.11 Å². The fraction of sp³-hybridized carbons (Fsp3) is 0.0769. The summed E-state index contributed by atoms with van der Waals surface area (Å²) >= 11 is 5.69. The summed E-state index contributed by atoms with van der Waals surface area (Å²) in [6, 6.07) is 7.49. The van der Waals surface area contributed by atoms with Crippen molar-refractivity contribution in [3.05, 3.63) is 47.2 Å². The number of halogens is 1. The van der Waals surface area contributed by atoms with Crippen molar-refractivity contribution >= 4 is 27.4 Å². The number of aromatic carboxylic acids is 1. The molecular formula is C13H10ClNO4S. The van der Waals surface area contributed by atoms with Crippen molar-refractivity contribution in [3.8, 4) is 11.1 Å². The van der Waals surface area contributed by atoms with Crippen LogP contribution in [0.25, 0.3) is 11.1 Å². The van der Waals surface area contributed by atoms with Gasteiger partial charge in [0.15, 0.2) is 9.84 Å². The van der Waals surface area contributed by atoms with Gasteiger partial charge in [0.25, 0.3) is 0 Å². The topological polar surface area (TPSA) is 84.3 Å². The zero-order valence-corrected chi connectivity index (χ0v) is 11.9. The van der Waals surface area contributed by atoms with Gasteiger partial charge in [0.05, 0.1) is 10.5 Å². The van der Waals surface area contributed by atoms with E-state index in [1.807, 2.05) is 0 Å². The van der Waals surface area contributed by atoms with Crippen LogP contribution in [0.2, 0.25) is 5.15 Å². The zero-order chi connectivity index (χ0) is 14.9. The van der Waals surface area contributed by atoms with Gasteiger partial charge in [0, 0.05) is 18.0 Å². The molecule has 1 N–H and O–H groups in total. The Morgan fingerprint density at radius 1 is 1.20 bits per heavy atom. The number of carboxylic acid groups (broad SMARTS) is 1. The van der Waals surface area contributed by atoms with Crippen LogP contribution in [-0.4, -0.2) is 30.7 Å². The van der Waals surface area contributed by atoms with E-state index in [1.54, 1.807) is 12.1 Å². The van der Waals surface area contributed by atoms with Crippen molar-refractivity contribution in [1.29, 1.82) is 0 Å². The second-order valence-electron chi connectivity index (χ2n) is 4.16. The lowest BCUT2D eigenvalue weighted by atomic mass is 10.1. The highest BCUT2D eigenvalue weighted by atomic mass is 35.5. The third kappa shape index (κ3) is 2.97. The second-order valence-corrected chi connectivity index (χ2v) is 6.54. The Hall–Kier alpha value is -1.92. The van der Waals surface area contributed by atoms with Crippen molar-refractivity contribution in [2.24, 2.45) is 0 Å². The van der Waals surface area contributed by atoms with Gasteiger partial charge >= 0.3 is 5.97 Å². The maximum absolute atomic E-state index is 11.4. The minimum Gasteiger partial charge on any atom is -0.478 e. The molecule has 0 unspecified atom stereocenters. The number of rotatable bonds is 3. The Bertz CT molecular complexity index is 769. The molecule has 20 heavy (non-hydrogen) atoms. The van der Waals surface area contributed by atoms with E-state index in [4.69, 9.17) is 16.7 Å². The number of carboxylic acids is 1. The fourth-order valence-corrected chi connectivity index (χ4v) is 2.47. The first-order valence-electron chi connectivity index (χ1n) is 5.48. The van der Waals surface area contributed by atoms with Gasteiger partial charge in [-0.05, 0) is 23.8 Å². The van der Waals surface area contributed by atoms with Gasteiger partial charge in [0.1, 0.15) is 5.15 Å². The van der Waals surface area contributed by atoms with Gasteiger partial charge in [-0.25, -0.2) is 18.2 Å². The largest absolute Gasteiger partial charge is 0.478 e. The maximum Gasteiger partial charge on any atom is 0.338 e. The molecule has 0 atom stereocenters. The van der Waals surface area contributed by atoms with E-state index in [2.05, 4.69) is 4.98 Å². The molecule has 0 amide bonds. The Balaban J connectivity index is 2.47. The molecule has 0 aliphatic carbocycles. The molecule has 5 nitrogen and oxygen atoms in total. The van der Waals surface area contributed by atoms with Gasteiger partial charge in [-0.15, -0.1) is 0 Å². The van der Waals surface area contributed by atoms with Crippen LogP contribution in [0.15, 0.2) is 41.4 Å². The molecule has 104 valence electrons.